The summed E-state index contributed by atoms with van der Waals surface area (Å²) in [6.45, 7) is 5.39. The van der Waals surface area contributed by atoms with Crippen LogP contribution in [0.25, 0.3) is 0 Å². The van der Waals surface area contributed by atoms with E-state index in [1.807, 2.05) is 0 Å². The van der Waals surface area contributed by atoms with Gasteiger partial charge in [0.2, 0.25) is 10.0 Å². The van der Waals surface area contributed by atoms with Crippen LogP contribution < -0.4 is 15.8 Å². The minimum absolute atomic E-state index is 0.118. The molecule has 2 rings (SSSR count). The van der Waals surface area contributed by atoms with E-state index in [4.69, 9.17) is 5.73 Å². The maximum Gasteiger partial charge on any atom is 0.242 e. The smallest absolute Gasteiger partial charge is 0.242 e. The maximum absolute atomic E-state index is 11.7. The Bertz CT molecular complexity index is 582. The van der Waals surface area contributed by atoms with Crippen molar-refractivity contribution in [3.8, 4) is 0 Å². The molecular weight excluding hydrogens is 262 g/mol. The lowest BCUT2D eigenvalue weighted by Gasteiger charge is -2.11. The zero-order chi connectivity index (χ0) is 14.3. The molecule has 19 heavy (non-hydrogen) atoms. The molecule has 0 amide bonds. The Hall–Kier alpha value is -1.27. The SMILES string of the molecule is CNS(=O)(=O)c1ccc(NCC2CC2(C)C)cc1N. The van der Waals surface area contributed by atoms with Gasteiger partial charge in [0.1, 0.15) is 4.90 Å². The molecule has 1 atom stereocenters. The van der Waals surface area contributed by atoms with Crippen molar-refractivity contribution in [3.63, 3.8) is 0 Å². The molecular formula is C13H21N3O2S. The largest absolute Gasteiger partial charge is 0.398 e. The fourth-order valence-electron chi connectivity index (χ4n) is 2.18. The maximum atomic E-state index is 11.7. The number of nitrogens with two attached hydrogens (primary N) is 1. The molecule has 0 aliphatic heterocycles. The molecule has 5 nitrogen and oxygen atoms in total. The van der Waals surface area contributed by atoms with E-state index in [0.29, 0.717) is 11.3 Å². The van der Waals surface area contributed by atoms with E-state index in [0.717, 1.165) is 12.2 Å². The average Bonchev–Trinajstić information content (AvgIpc) is 2.94. The third-order valence-corrected chi connectivity index (χ3v) is 5.33. The molecule has 0 aromatic heterocycles. The van der Waals surface area contributed by atoms with Gasteiger partial charge in [0, 0.05) is 12.2 Å². The molecule has 0 saturated heterocycles. The molecule has 1 fully saturated rings. The van der Waals surface area contributed by atoms with Crippen LogP contribution in [0.15, 0.2) is 23.1 Å². The summed E-state index contributed by atoms with van der Waals surface area (Å²) in [5.41, 5.74) is 7.34. The van der Waals surface area contributed by atoms with Crippen molar-refractivity contribution in [3.05, 3.63) is 18.2 Å². The second-order valence-electron chi connectivity index (χ2n) is 5.73. The topological polar surface area (TPSA) is 84.2 Å². The van der Waals surface area contributed by atoms with Crippen molar-refractivity contribution in [2.24, 2.45) is 11.3 Å². The van der Waals surface area contributed by atoms with Gasteiger partial charge >= 0.3 is 0 Å². The number of nitrogen functional groups attached to an aromatic ring is 1. The van der Waals surface area contributed by atoms with Crippen molar-refractivity contribution in [2.75, 3.05) is 24.6 Å². The fraction of sp³-hybridized carbons (Fsp3) is 0.538. The summed E-state index contributed by atoms with van der Waals surface area (Å²) in [5, 5.41) is 3.30. The Morgan fingerprint density at radius 1 is 1.42 bits per heavy atom. The van der Waals surface area contributed by atoms with Crippen LogP contribution >= 0.6 is 0 Å². The van der Waals surface area contributed by atoms with Crippen LogP contribution in [-0.2, 0) is 10.0 Å². The highest BCUT2D eigenvalue weighted by molar-refractivity contribution is 7.89. The molecule has 0 bridgehead atoms. The van der Waals surface area contributed by atoms with Gasteiger partial charge in [-0.15, -0.1) is 0 Å². The van der Waals surface area contributed by atoms with Crippen molar-refractivity contribution in [1.29, 1.82) is 0 Å². The first-order valence-corrected chi connectivity index (χ1v) is 7.81. The van der Waals surface area contributed by atoms with E-state index >= 15 is 0 Å². The van der Waals surface area contributed by atoms with Gasteiger partial charge < -0.3 is 11.1 Å². The van der Waals surface area contributed by atoms with E-state index in [1.165, 1.54) is 19.5 Å². The Labute approximate surface area is 114 Å². The van der Waals surface area contributed by atoms with E-state index in [-0.39, 0.29) is 10.6 Å². The van der Waals surface area contributed by atoms with Gasteiger partial charge in [-0.05, 0) is 43.0 Å². The van der Waals surface area contributed by atoms with Gasteiger partial charge in [-0.3, -0.25) is 0 Å². The number of sulfonamides is 1. The molecule has 6 heteroatoms. The Balaban J connectivity index is 2.07. The molecule has 106 valence electrons. The predicted octanol–water partition coefficient (Wildman–Crippen LogP) is 1.63. The molecule has 0 radical (unpaired) electrons. The lowest BCUT2D eigenvalue weighted by molar-refractivity contribution is 0.573. The molecule has 1 aliphatic carbocycles. The quantitative estimate of drug-likeness (QED) is 0.717. The van der Waals surface area contributed by atoms with Gasteiger partial charge in [-0.1, -0.05) is 13.8 Å². The molecule has 0 heterocycles. The second kappa shape index (κ2) is 4.68. The van der Waals surface area contributed by atoms with Crippen LogP contribution in [0.1, 0.15) is 20.3 Å². The number of anilines is 2. The molecule has 1 aromatic rings. The predicted molar refractivity (Wildman–Crippen MR) is 77.5 cm³/mol. The molecule has 0 spiro atoms. The fourth-order valence-corrected chi connectivity index (χ4v) is 3.02. The van der Waals surface area contributed by atoms with Gasteiger partial charge in [0.25, 0.3) is 0 Å². The standard InChI is InChI=1S/C13H21N3O2S/c1-13(2)7-9(13)8-16-10-4-5-12(11(14)6-10)19(17,18)15-3/h4-6,9,15-16H,7-8,14H2,1-3H3. The van der Waals surface area contributed by atoms with E-state index in [9.17, 15) is 8.42 Å². The molecule has 1 unspecified atom stereocenters. The van der Waals surface area contributed by atoms with E-state index in [2.05, 4.69) is 23.9 Å². The minimum atomic E-state index is -3.49. The molecule has 4 N–H and O–H groups in total. The van der Waals surface area contributed by atoms with Crippen LogP contribution in [-0.4, -0.2) is 22.0 Å². The first-order valence-electron chi connectivity index (χ1n) is 6.33. The van der Waals surface area contributed by atoms with Gasteiger partial charge in [-0.2, -0.15) is 0 Å². The summed E-state index contributed by atoms with van der Waals surface area (Å²) in [7, 11) is -2.11. The summed E-state index contributed by atoms with van der Waals surface area (Å²) in [6, 6.07) is 4.94. The lowest BCUT2D eigenvalue weighted by Crippen LogP contribution is -2.20. The summed E-state index contributed by atoms with van der Waals surface area (Å²) < 4.78 is 25.6. The van der Waals surface area contributed by atoms with Crippen LogP contribution in [0.2, 0.25) is 0 Å². The number of nitrogens with one attached hydrogen (secondary N) is 2. The molecule has 1 aromatic carbocycles. The zero-order valence-electron chi connectivity index (χ0n) is 11.5. The second-order valence-corrected chi connectivity index (χ2v) is 7.59. The van der Waals surface area contributed by atoms with Crippen molar-refractivity contribution in [2.45, 2.75) is 25.2 Å². The monoisotopic (exact) mass is 283 g/mol. The zero-order valence-corrected chi connectivity index (χ0v) is 12.3. The number of hydrogen-bond acceptors (Lipinski definition) is 4. The first-order chi connectivity index (χ1) is 8.76. The lowest BCUT2D eigenvalue weighted by atomic mass is 10.1. The van der Waals surface area contributed by atoms with Crippen LogP contribution in [0, 0.1) is 11.3 Å². The van der Waals surface area contributed by atoms with Crippen molar-refractivity contribution in [1.82, 2.24) is 4.72 Å². The first kappa shape index (κ1) is 14.1. The van der Waals surface area contributed by atoms with Gasteiger partial charge in [0.15, 0.2) is 0 Å². The highest BCUT2D eigenvalue weighted by Gasteiger charge is 2.44. The summed E-state index contributed by atoms with van der Waals surface area (Å²) >= 11 is 0. The summed E-state index contributed by atoms with van der Waals surface area (Å²) in [6.07, 6.45) is 1.22. The van der Waals surface area contributed by atoms with Gasteiger partial charge in [-0.25, -0.2) is 13.1 Å². The van der Waals surface area contributed by atoms with Crippen LogP contribution in [0.5, 0.6) is 0 Å². The Morgan fingerprint density at radius 2 is 2.05 bits per heavy atom. The Kier molecular flexibility index (Phi) is 3.49. The number of hydrogen-bond donors (Lipinski definition) is 3. The third kappa shape index (κ3) is 3.01. The third-order valence-electron chi connectivity index (χ3n) is 3.84. The van der Waals surface area contributed by atoms with Crippen molar-refractivity contribution < 1.29 is 8.42 Å². The van der Waals surface area contributed by atoms with Gasteiger partial charge in [0.05, 0.1) is 5.69 Å². The summed E-state index contributed by atoms with van der Waals surface area (Å²) in [4.78, 5) is 0.118. The van der Waals surface area contributed by atoms with E-state index < -0.39 is 10.0 Å². The number of rotatable bonds is 5. The number of benzene rings is 1. The normalized spacial score (nSPS) is 21.1. The summed E-state index contributed by atoms with van der Waals surface area (Å²) in [5.74, 6) is 0.675. The molecule has 1 aliphatic rings. The molecule has 1 saturated carbocycles. The average molecular weight is 283 g/mol. The van der Waals surface area contributed by atoms with Crippen LogP contribution in [0.4, 0.5) is 11.4 Å². The van der Waals surface area contributed by atoms with Crippen molar-refractivity contribution >= 4 is 21.4 Å². The highest BCUT2D eigenvalue weighted by atomic mass is 32.2. The van der Waals surface area contributed by atoms with Crippen LogP contribution in [0.3, 0.4) is 0 Å². The van der Waals surface area contributed by atoms with E-state index in [1.54, 1.807) is 12.1 Å². The highest BCUT2D eigenvalue weighted by Crippen LogP contribution is 2.51. The minimum Gasteiger partial charge on any atom is -0.398 e. The Morgan fingerprint density at radius 3 is 2.53 bits per heavy atom.